The maximum atomic E-state index is 13.3. The predicted molar refractivity (Wildman–Crippen MR) is 113 cm³/mol. The average molecular weight is 425 g/mol. The van der Waals surface area contributed by atoms with Crippen molar-refractivity contribution in [2.75, 3.05) is 26.2 Å². The quantitative estimate of drug-likeness (QED) is 0.690. The molecule has 160 valence electrons. The summed E-state index contributed by atoms with van der Waals surface area (Å²) in [4.78, 5) is 15.0. The second kappa shape index (κ2) is 10.7. The van der Waals surface area contributed by atoms with Gasteiger partial charge < -0.3 is 15.4 Å². The number of carbonyl (C=O) groups is 1. The Morgan fingerprint density at radius 1 is 1.28 bits per heavy atom. The van der Waals surface area contributed by atoms with E-state index >= 15 is 0 Å². The van der Waals surface area contributed by atoms with Crippen LogP contribution >= 0.6 is 12.4 Å². The van der Waals surface area contributed by atoms with Crippen molar-refractivity contribution < 1.29 is 13.9 Å². The molecule has 1 fully saturated rings. The molecule has 0 spiro atoms. The van der Waals surface area contributed by atoms with Crippen molar-refractivity contribution >= 4 is 18.3 Å². The van der Waals surface area contributed by atoms with E-state index in [-0.39, 0.29) is 36.2 Å². The number of hydrogen-bond acceptors (Lipinski definition) is 4. The molecule has 1 saturated heterocycles. The first kappa shape index (κ1) is 23.3. The minimum Gasteiger partial charge on any atom is -0.378 e. The first-order valence-corrected chi connectivity index (χ1v) is 9.96. The molecule has 29 heavy (non-hydrogen) atoms. The molecule has 1 aromatic heterocycles. The van der Waals surface area contributed by atoms with Gasteiger partial charge in [-0.2, -0.15) is 5.10 Å². The molecule has 0 saturated carbocycles. The fourth-order valence-corrected chi connectivity index (χ4v) is 3.60. The summed E-state index contributed by atoms with van der Waals surface area (Å²) in [5, 5.41) is 4.43. The summed E-state index contributed by atoms with van der Waals surface area (Å²) in [5.74, 6) is -0.198. The van der Waals surface area contributed by atoms with E-state index in [0.717, 1.165) is 30.6 Å². The molecular formula is C21H30ClFN4O2. The second-order valence-corrected chi connectivity index (χ2v) is 7.49. The lowest BCUT2D eigenvalue weighted by Crippen LogP contribution is -2.41. The largest absolute Gasteiger partial charge is 0.378 e. The molecule has 6 nitrogen and oxygen atoms in total. The van der Waals surface area contributed by atoms with Gasteiger partial charge in [0.15, 0.2) is 0 Å². The van der Waals surface area contributed by atoms with Crippen LogP contribution in [0.5, 0.6) is 0 Å². The highest BCUT2D eigenvalue weighted by atomic mass is 35.5. The van der Waals surface area contributed by atoms with Crippen LogP contribution in [0.4, 0.5) is 4.39 Å². The summed E-state index contributed by atoms with van der Waals surface area (Å²) in [6.07, 6.45) is 4.35. The highest BCUT2D eigenvalue weighted by molar-refractivity contribution is 5.95. The van der Waals surface area contributed by atoms with Gasteiger partial charge in [-0.3, -0.25) is 4.79 Å². The van der Waals surface area contributed by atoms with E-state index in [2.05, 4.69) is 5.10 Å². The van der Waals surface area contributed by atoms with Gasteiger partial charge in [0.1, 0.15) is 5.82 Å². The molecule has 8 heteroatoms. The fourth-order valence-electron chi connectivity index (χ4n) is 3.60. The van der Waals surface area contributed by atoms with Gasteiger partial charge in [0, 0.05) is 19.7 Å². The van der Waals surface area contributed by atoms with Crippen molar-refractivity contribution in [3.05, 3.63) is 47.5 Å². The number of nitrogens with two attached hydrogens (primary N) is 1. The SMILES string of the molecule is CC(C)c1c(C(=O)N2CCC(OCCCN)CC2)cnn1-c1ccc(F)cc1.Cl. The molecule has 3 rings (SSSR count). The number of nitrogens with zero attached hydrogens (tertiary/aromatic N) is 3. The van der Waals surface area contributed by atoms with Gasteiger partial charge in [0.25, 0.3) is 5.91 Å². The van der Waals surface area contributed by atoms with Crippen LogP contribution < -0.4 is 5.73 Å². The standard InChI is InChI=1S/C21H29FN4O2.ClH/c1-15(2)20-19(14-24-26(20)17-6-4-16(22)5-7-17)21(27)25-11-8-18(9-12-25)28-13-3-10-23;/h4-7,14-15,18H,3,8-13,23H2,1-2H3;1H. The first-order valence-electron chi connectivity index (χ1n) is 9.96. The molecule has 0 aliphatic carbocycles. The minimum absolute atomic E-state index is 0. The zero-order valence-corrected chi connectivity index (χ0v) is 17.8. The Kier molecular flexibility index (Phi) is 8.61. The number of carbonyl (C=O) groups excluding carboxylic acids is 1. The van der Waals surface area contributed by atoms with Crippen molar-refractivity contribution in [3.63, 3.8) is 0 Å². The normalized spacial score (nSPS) is 14.9. The Hall–Kier alpha value is -1.96. The average Bonchev–Trinajstić information content (AvgIpc) is 3.14. The van der Waals surface area contributed by atoms with E-state index in [0.29, 0.717) is 31.8 Å². The fraction of sp³-hybridized carbons (Fsp3) is 0.524. The van der Waals surface area contributed by atoms with Crippen LogP contribution in [0, 0.1) is 5.82 Å². The third-order valence-electron chi connectivity index (χ3n) is 5.09. The lowest BCUT2D eigenvalue weighted by Gasteiger charge is -2.32. The lowest BCUT2D eigenvalue weighted by atomic mass is 10.0. The monoisotopic (exact) mass is 424 g/mol. The lowest BCUT2D eigenvalue weighted by molar-refractivity contribution is 0.00841. The Balaban J connectivity index is 0.00000300. The van der Waals surface area contributed by atoms with E-state index in [9.17, 15) is 9.18 Å². The molecule has 0 radical (unpaired) electrons. The molecule has 1 amide bonds. The Bertz CT molecular complexity index is 786. The summed E-state index contributed by atoms with van der Waals surface area (Å²) < 4.78 is 20.8. The summed E-state index contributed by atoms with van der Waals surface area (Å²) in [6.45, 7) is 6.72. The van der Waals surface area contributed by atoms with Crippen molar-refractivity contribution in [1.82, 2.24) is 14.7 Å². The molecule has 1 aliphatic rings. The van der Waals surface area contributed by atoms with Gasteiger partial charge >= 0.3 is 0 Å². The third kappa shape index (κ3) is 5.56. The van der Waals surface area contributed by atoms with Gasteiger partial charge in [-0.25, -0.2) is 9.07 Å². The van der Waals surface area contributed by atoms with Crippen LogP contribution in [0.2, 0.25) is 0 Å². The van der Waals surface area contributed by atoms with Crippen molar-refractivity contribution in [1.29, 1.82) is 0 Å². The number of ether oxygens (including phenoxy) is 1. The highest BCUT2D eigenvalue weighted by Crippen LogP contribution is 2.26. The molecule has 0 atom stereocenters. The molecule has 1 aliphatic heterocycles. The number of aromatic nitrogens is 2. The molecule has 0 unspecified atom stereocenters. The summed E-state index contributed by atoms with van der Waals surface area (Å²) >= 11 is 0. The van der Waals surface area contributed by atoms with Crippen molar-refractivity contribution in [2.45, 2.75) is 45.1 Å². The highest BCUT2D eigenvalue weighted by Gasteiger charge is 2.28. The molecule has 2 N–H and O–H groups in total. The summed E-state index contributed by atoms with van der Waals surface area (Å²) in [6, 6.07) is 6.15. The van der Waals surface area contributed by atoms with Crippen LogP contribution in [-0.4, -0.2) is 52.9 Å². The maximum absolute atomic E-state index is 13.3. The Morgan fingerprint density at radius 3 is 2.52 bits per heavy atom. The minimum atomic E-state index is -0.296. The van der Waals surface area contributed by atoms with E-state index in [1.807, 2.05) is 18.7 Å². The van der Waals surface area contributed by atoms with Crippen molar-refractivity contribution in [3.8, 4) is 5.69 Å². The zero-order chi connectivity index (χ0) is 20.1. The molecule has 2 aromatic rings. The Labute approximate surface area is 177 Å². The van der Waals surface area contributed by atoms with Gasteiger partial charge in [-0.05, 0) is 56.0 Å². The molecular weight excluding hydrogens is 395 g/mol. The van der Waals surface area contributed by atoms with Crippen LogP contribution in [0.15, 0.2) is 30.5 Å². The smallest absolute Gasteiger partial charge is 0.257 e. The van der Waals surface area contributed by atoms with E-state index in [4.69, 9.17) is 10.5 Å². The van der Waals surface area contributed by atoms with Crippen LogP contribution in [-0.2, 0) is 4.74 Å². The summed E-state index contributed by atoms with van der Waals surface area (Å²) in [5.41, 5.74) is 7.71. The number of rotatable bonds is 7. The maximum Gasteiger partial charge on any atom is 0.257 e. The van der Waals surface area contributed by atoms with Gasteiger partial charge in [0.05, 0.1) is 29.2 Å². The number of benzene rings is 1. The molecule has 1 aromatic carbocycles. The first-order chi connectivity index (χ1) is 13.5. The summed E-state index contributed by atoms with van der Waals surface area (Å²) in [7, 11) is 0. The molecule has 2 heterocycles. The number of likely N-dealkylation sites (tertiary alicyclic amines) is 1. The third-order valence-corrected chi connectivity index (χ3v) is 5.09. The van der Waals surface area contributed by atoms with E-state index < -0.39 is 0 Å². The van der Waals surface area contributed by atoms with Gasteiger partial charge in [-0.1, -0.05) is 13.8 Å². The van der Waals surface area contributed by atoms with Gasteiger partial charge in [0.2, 0.25) is 0 Å². The number of amides is 1. The number of piperidine rings is 1. The van der Waals surface area contributed by atoms with Crippen LogP contribution in [0.1, 0.15) is 55.1 Å². The number of halogens is 2. The van der Waals surface area contributed by atoms with Crippen LogP contribution in [0.25, 0.3) is 5.69 Å². The molecule has 0 bridgehead atoms. The van der Waals surface area contributed by atoms with Gasteiger partial charge in [-0.15, -0.1) is 12.4 Å². The van der Waals surface area contributed by atoms with E-state index in [1.165, 1.54) is 12.1 Å². The van der Waals surface area contributed by atoms with Crippen LogP contribution in [0.3, 0.4) is 0 Å². The number of hydrogen-bond donors (Lipinski definition) is 1. The predicted octanol–water partition coefficient (Wildman–Crippen LogP) is 3.53. The zero-order valence-electron chi connectivity index (χ0n) is 17.0. The Morgan fingerprint density at radius 2 is 1.93 bits per heavy atom. The topological polar surface area (TPSA) is 73.4 Å². The van der Waals surface area contributed by atoms with E-state index in [1.54, 1.807) is 23.0 Å². The van der Waals surface area contributed by atoms with Crippen molar-refractivity contribution in [2.24, 2.45) is 5.73 Å². The second-order valence-electron chi connectivity index (χ2n) is 7.49.